The van der Waals surface area contributed by atoms with Gasteiger partial charge in [-0.05, 0) is 6.42 Å². The van der Waals surface area contributed by atoms with Crippen LogP contribution in [0.25, 0.3) is 0 Å². The Balaban J connectivity index is 2.24. The van der Waals surface area contributed by atoms with Crippen LogP contribution in [0.4, 0.5) is 5.82 Å². The van der Waals surface area contributed by atoms with Crippen molar-refractivity contribution in [2.75, 3.05) is 24.6 Å². The summed E-state index contributed by atoms with van der Waals surface area (Å²) in [5, 5.41) is 6.14. The van der Waals surface area contributed by atoms with Gasteiger partial charge in [-0.15, -0.1) is 0 Å². The minimum Gasteiger partial charge on any atom is -0.383 e. The van der Waals surface area contributed by atoms with Gasteiger partial charge in [-0.1, -0.05) is 13.8 Å². The first kappa shape index (κ1) is 13.7. The van der Waals surface area contributed by atoms with Crippen molar-refractivity contribution >= 4 is 27.6 Å². The van der Waals surface area contributed by atoms with Gasteiger partial charge in [0.05, 0.1) is 6.20 Å². The van der Waals surface area contributed by atoms with Crippen LogP contribution in [0.1, 0.15) is 20.3 Å². The summed E-state index contributed by atoms with van der Waals surface area (Å²) in [4.78, 5) is 0.0761. The lowest BCUT2D eigenvalue weighted by Gasteiger charge is -2.22. The van der Waals surface area contributed by atoms with Crippen LogP contribution in [0.3, 0.4) is 0 Å². The Labute approximate surface area is 111 Å². The van der Waals surface area contributed by atoms with E-state index in [9.17, 15) is 8.42 Å². The van der Waals surface area contributed by atoms with Gasteiger partial charge >= 0.3 is 0 Å². The molecule has 18 heavy (non-hydrogen) atoms. The monoisotopic (exact) mass is 290 g/mol. The molecule has 0 atom stereocenters. The van der Waals surface area contributed by atoms with E-state index in [1.807, 2.05) is 0 Å². The van der Waals surface area contributed by atoms with E-state index in [0.717, 1.165) is 12.2 Å². The van der Waals surface area contributed by atoms with Gasteiger partial charge in [0.2, 0.25) is 10.0 Å². The number of anilines is 1. The minimum atomic E-state index is -3.52. The second kappa shape index (κ2) is 4.75. The summed E-state index contributed by atoms with van der Waals surface area (Å²) in [6.07, 6.45) is 2.10. The first-order valence-corrected chi connectivity index (χ1v) is 8.18. The summed E-state index contributed by atoms with van der Waals surface area (Å²) in [5.74, 6) is 0.899. The third-order valence-corrected chi connectivity index (χ3v) is 6.35. The van der Waals surface area contributed by atoms with E-state index in [1.54, 1.807) is 11.8 Å². The fraction of sp³-hybridized carbons (Fsp3) is 0.700. The van der Waals surface area contributed by atoms with Crippen molar-refractivity contribution in [2.45, 2.75) is 29.9 Å². The lowest BCUT2D eigenvalue weighted by molar-refractivity contribution is 0.415. The zero-order chi connectivity index (χ0) is 13.4. The number of aromatic amines is 1. The summed E-state index contributed by atoms with van der Waals surface area (Å²) in [5.41, 5.74) is 5.60. The van der Waals surface area contributed by atoms with Crippen molar-refractivity contribution < 1.29 is 8.42 Å². The van der Waals surface area contributed by atoms with Crippen LogP contribution in [-0.2, 0) is 10.0 Å². The summed E-state index contributed by atoms with van der Waals surface area (Å²) >= 11 is 1.80. The number of thioether (sulfide) groups is 1. The molecular formula is C10H18N4O2S2. The highest BCUT2D eigenvalue weighted by molar-refractivity contribution is 8.00. The number of nitrogens with one attached hydrogen (secondary N) is 1. The van der Waals surface area contributed by atoms with Gasteiger partial charge in [-0.3, -0.25) is 5.10 Å². The molecule has 0 amide bonds. The molecule has 2 rings (SSSR count). The van der Waals surface area contributed by atoms with E-state index in [-0.39, 0.29) is 15.5 Å². The van der Waals surface area contributed by atoms with E-state index in [1.165, 1.54) is 10.5 Å². The molecule has 8 heteroatoms. The van der Waals surface area contributed by atoms with Crippen LogP contribution in [0.15, 0.2) is 11.1 Å². The predicted octanol–water partition coefficient (Wildman–Crippen LogP) is 0.898. The Morgan fingerprint density at radius 1 is 1.50 bits per heavy atom. The molecule has 0 aromatic carbocycles. The van der Waals surface area contributed by atoms with E-state index >= 15 is 0 Å². The first-order chi connectivity index (χ1) is 8.33. The summed E-state index contributed by atoms with van der Waals surface area (Å²) < 4.78 is 26.4. The smallest absolute Gasteiger partial charge is 0.248 e. The van der Waals surface area contributed by atoms with Crippen molar-refractivity contribution in [3.8, 4) is 0 Å². The number of H-pyrrole nitrogens is 1. The Hall–Kier alpha value is -0.730. The third kappa shape index (κ3) is 2.65. The largest absolute Gasteiger partial charge is 0.383 e. The molecule has 0 spiro atoms. The number of nitrogens with zero attached hydrogens (tertiary/aromatic N) is 2. The predicted molar refractivity (Wildman–Crippen MR) is 72.9 cm³/mol. The zero-order valence-corrected chi connectivity index (χ0v) is 12.1. The van der Waals surface area contributed by atoms with Crippen molar-refractivity contribution in [2.24, 2.45) is 0 Å². The molecule has 1 aromatic heterocycles. The SMILES string of the molecule is CC1(C)CCN(S(=O)(=O)c2cn[nH]c2N)CCS1. The lowest BCUT2D eigenvalue weighted by atomic mass is 10.1. The van der Waals surface area contributed by atoms with Crippen LogP contribution >= 0.6 is 11.8 Å². The average molecular weight is 290 g/mol. The molecular weight excluding hydrogens is 272 g/mol. The lowest BCUT2D eigenvalue weighted by Crippen LogP contribution is -2.33. The second-order valence-electron chi connectivity index (χ2n) is 4.91. The molecule has 6 nitrogen and oxygen atoms in total. The Kier molecular flexibility index (Phi) is 3.61. The molecule has 2 heterocycles. The Morgan fingerprint density at radius 2 is 2.22 bits per heavy atom. The molecule has 102 valence electrons. The molecule has 0 aliphatic carbocycles. The number of aromatic nitrogens is 2. The van der Waals surface area contributed by atoms with Crippen LogP contribution < -0.4 is 5.73 Å². The van der Waals surface area contributed by atoms with E-state index in [4.69, 9.17) is 5.73 Å². The summed E-state index contributed by atoms with van der Waals surface area (Å²) in [6, 6.07) is 0. The van der Waals surface area contributed by atoms with Crippen molar-refractivity contribution in [3.63, 3.8) is 0 Å². The van der Waals surface area contributed by atoms with E-state index in [0.29, 0.717) is 13.1 Å². The highest BCUT2D eigenvalue weighted by atomic mass is 32.2. The normalized spacial score (nSPS) is 21.7. The van der Waals surface area contributed by atoms with Gasteiger partial charge in [0.25, 0.3) is 0 Å². The van der Waals surface area contributed by atoms with Crippen LogP contribution in [-0.4, -0.2) is 46.5 Å². The topological polar surface area (TPSA) is 92.1 Å². The fourth-order valence-corrected chi connectivity index (χ4v) is 4.54. The van der Waals surface area contributed by atoms with Crippen LogP contribution in [0.5, 0.6) is 0 Å². The number of hydrogen-bond donors (Lipinski definition) is 2. The maximum absolute atomic E-state index is 12.4. The number of sulfonamides is 1. The number of hydrogen-bond acceptors (Lipinski definition) is 5. The van der Waals surface area contributed by atoms with Gasteiger partial charge in [-0.2, -0.15) is 21.2 Å². The quantitative estimate of drug-likeness (QED) is 0.844. The highest BCUT2D eigenvalue weighted by Gasteiger charge is 2.32. The molecule has 1 aliphatic rings. The van der Waals surface area contributed by atoms with Gasteiger partial charge in [0, 0.05) is 23.6 Å². The number of nitrogens with two attached hydrogens (primary N) is 1. The number of rotatable bonds is 2. The maximum Gasteiger partial charge on any atom is 0.248 e. The third-order valence-electron chi connectivity index (χ3n) is 3.05. The Bertz CT molecular complexity index is 524. The van der Waals surface area contributed by atoms with Crippen molar-refractivity contribution in [1.29, 1.82) is 0 Å². The summed E-state index contributed by atoms with van der Waals surface area (Å²) in [7, 11) is -3.52. The highest BCUT2D eigenvalue weighted by Crippen LogP contribution is 2.32. The second-order valence-corrected chi connectivity index (χ2v) is 8.62. The molecule has 0 unspecified atom stereocenters. The average Bonchev–Trinajstić information content (AvgIpc) is 2.60. The van der Waals surface area contributed by atoms with Crippen LogP contribution in [0.2, 0.25) is 0 Å². The van der Waals surface area contributed by atoms with Gasteiger partial charge < -0.3 is 5.73 Å². The van der Waals surface area contributed by atoms with Gasteiger partial charge in [0.15, 0.2) is 0 Å². The molecule has 0 saturated carbocycles. The standard InChI is InChI=1S/C10H18N4O2S2/c1-10(2)3-4-14(5-6-17-10)18(15,16)8-7-12-13-9(8)11/h7H,3-6H2,1-2H3,(H3,11,12,13). The first-order valence-electron chi connectivity index (χ1n) is 5.76. The van der Waals surface area contributed by atoms with E-state index < -0.39 is 10.0 Å². The zero-order valence-electron chi connectivity index (χ0n) is 10.5. The molecule has 3 N–H and O–H groups in total. The molecule has 1 fully saturated rings. The Morgan fingerprint density at radius 3 is 2.83 bits per heavy atom. The van der Waals surface area contributed by atoms with Crippen LogP contribution in [0, 0.1) is 0 Å². The summed E-state index contributed by atoms with van der Waals surface area (Å²) in [6.45, 7) is 5.31. The minimum absolute atomic E-state index is 0.0761. The molecule has 1 aliphatic heterocycles. The molecule has 0 bridgehead atoms. The fourth-order valence-electron chi connectivity index (χ4n) is 1.87. The number of nitrogen functional groups attached to an aromatic ring is 1. The van der Waals surface area contributed by atoms with Gasteiger partial charge in [0.1, 0.15) is 10.7 Å². The van der Waals surface area contributed by atoms with Crippen molar-refractivity contribution in [1.82, 2.24) is 14.5 Å². The molecule has 1 saturated heterocycles. The van der Waals surface area contributed by atoms with Gasteiger partial charge in [-0.25, -0.2) is 8.42 Å². The van der Waals surface area contributed by atoms with E-state index in [2.05, 4.69) is 24.0 Å². The van der Waals surface area contributed by atoms with Crippen molar-refractivity contribution in [3.05, 3.63) is 6.20 Å². The molecule has 0 radical (unpaired) electrons. The maximum atomic E-state index is 12.4. The molecule has 1 aromatic rings.